The molecular weight excluding hydrogens is 385 g/mol. The highest BCUT2D eigenvalue weighted by Gasteiger charge is 2.34. The molecule has 3 aromatic rings. The Balaban J connectivity index is 1.54. The van der Waals surface area contributed by atoms with Gasteiger partial charge in [0.15, 0.2) is 0 Å². The molecule has 0 amide bonds. The van der Waals surface area contributed by atoms with Crippen LogP contribution in [0.15, 0.2) is 66.7 Å². The molecule has 0 aromatic heterocycles. The summed E-state index contributed by atoms with van der Waals surface area (Å²) in [5, 5.41) is 3.47. The molecule has 3 heteroatoms. The van der Waals surface area contributed by atoms with Gasteiger partial charge in [-0.05, 0) is 90.9 Å². The van der Waals surface area contributed by atoms with Gasteiger partial charge in [-0.25, -0.2) is 4.39 Å². The fourth-order valence-corrected chi connectivity index (χ4v) is 4.72. The molecule has 4 rings (SSSR count). The van der Waals surface area contributed by atoms with E-state index in [1.807, 2.05) is 12.1 Å². The number of aryl methyl sites for hydroxylation is 1. The summed E-state index contributed by atoms with van der Waals surface area (Å²) >= 11 is 0. The first kappa shape index (κ1) is 21.7. The minimum absolute atomic E-state index is 0.0418. The standard InChI is InChI=1S/C28H32FNO/c1-21-7-6-10-27(22(21)2)25-16-23(18-29)15-24(17-25)19-31-20-28(11-13-30-14-12-28)26-8-4-3-5-9-26/h3-10,15-17,30H,11-14,18-20H2,1-2H3. The average Bonchev–Trinajstić information content (AvgIpc) is 2.82. The number of rotatable bonds is 7. The summed E-state index contributed by atoms with van der Waals surface area (Å²) in [7, 11) is 0. The third-order valence-electron chi connectivity index (χ3n) is 6.72. The summed E-state index contributed by atoms with van der Waals surface area (Å²) in [5.74, 6) is 0. The van der Waals surface area contributed by atoms with E-state index in [0.29, 0.717) is 18.8 Å². The van der Waals surface area contributed by atoms with Crippen LogP contribution in [0.5, 0.6) is 0 Å². The zero-order chi connectivity index (χ0) is 21.7. The predicted molar refractivity (Wildman–Crippen MR) is 126 cm³/mol. The molecule has 0 aliphatic carbocycles. The summed E-state index contributed by atoms with van der Waals surface area (Å²) in [4.78, 5) is 0. The molecule has 0 saturated carbocycles. The van der Waals surface area contributed by atoms with Crippen LogP contribution in [0.1, 0.15) is 40.7 Å². The van der Waals surface area contributed by atoms with Crippen LogP contribution in [0.3, 0.4) is 0 Å². The maximum absolute atomic E-state index is 13.6. The summed E-state index contributed by atoms with van der Waals surface area (Å²) in [5.41, 5.74) is 7.84. The molecule has 1 heterocycles. The number of piperidine rings is 1. The van der Waals surface area contributed by atoms with Crippen LogP contribution in [0.25, 0.3) is 11.1 Å². The van der Waals surface area contributed by atoms with Crippen LogP contribution in [-0.2, 0) is 23.4 Å². The number of benzene rings is 3. The lowest BCUT2D eigenvalue weighted by Crippen LogP contribution is -2.43. The van der Waals surface area contributed by atoms with Gasteiger partial charge in [-0.3, -0.25) is 0 Å². The van der Waals surface area contributed by atoms with Crippen LogP contribution in [0.4, 0.5) is 4.39 Å². The first-order valence-corrected chi connectivity index (χ1v) is 11.2. The highest BCUT2D eigenvalue weighted by Crippen LogP contribution is 2.34. The molecule has 1 aliphatic heterocycles. The molecule has 162 valence electrons. The van der Waals surface area contributed by atoms with Crippen LogP contribution in [-0.4, -0.2) is 19.7 Å². The number of hydrogen-bond acceptors (Lipinski definition) is 2. The van der Waals surface area contributed by atoms with Crippen molar-refractivity contribution in [2.45, 2.75) is 45.4 Å². The van der Waals surface area contributed by atoms with E-state index in [2.05, 4.69) is 73.8 Å². The number of halogens is 1. The summed E-state index contributed by atoms with van der Waals surface area (Å²) < 4.78 is 19.9. The lowest BCUT2D eigenvalue weighted by Gasteiger charge is -2.38. The smallest absolute Gasteiger partial charge is 0.115 e. The van der Waals surface area contributed by atoms with Crippen molar-refractivity contribution in [3.8, 4) is 11.1 Å². The van der Waals surface area contributed by atoms with E-state index < -0.39 is 6.67 Å². The molecule has 0 atom stereocenters. The van der Waals surface area contributed by atoms with E-state index >= 15 is 0 Å². The van der Waals surface area contributed by atoms with Crippen molar-refractivity contribution in [2.24, 2.45) is 0 Å². The van der Waals surface area contributed by atoms with E-state index in [1.54, 1.807) is 0 Å². The molecular formula is C28H32FNO. The van der Waals surface area contributed by atoms with Crippen molar-refractivity contribution >= 4 is 0 Å². The SMILES string of the molecule is Cc1cccc(-c2cc(CF)cc(COCC3(c4ccccc4)CCNCC3)c2)c1C. The summed E-state index contributed by atoms with van der Waals surface area (Å²) in [6, 6.07) is 23.1. The molecule has 3 aromatic carbocycles. The van der Waals surface area contributed by atoms with Crippen LogP contribution >= 0.6 is 0 Å². The second-order valence-corrected chi connectivity index (χ2v) is 8.81. The second kappa shape index (κ2) is 9.76. The van der Waals surface area contributed by atoms with Gasteiger partial charge < -0.3 is 10.1 Å². The molecule has 1 aliphatic rings. The molecule has 0 radical (unpaired) electrons. The van der Waals surface area contributed by atoms with E-state index in [1.165, 1.54) is 16.7 Å². The van der Waals surface area contributed by atoms with Gasteiger partial charge in [-0.2, -0.15) is 0 Å². The van der Waals surface area contributed by atoms with E-state index in [0.717, 1.165) is 42.6 Å². The van der Waals surface area contributed by atoms with E-state index in [4.69, 9.17) is 4.74 Å². The fourth-order valence-electron chi connectivity index (χ4n) is 4.72. The lowest BCUT2D eigenvalue weighted by atomic mass is 9.74. The molecule has 2 nitrogen and oxygen atoms in total. The third-order valence-corrected chi connectivity index (χ3v) is 6.72. The second-order valence-electron chi connectivity index (χ2n) is 8.81. The number of ether oxygens (including phenoxy) is 1. The maximum atomic E-state index is 13.6. The summed E-state index contributed by atoms with van der Waals surface area (Å²) in [6.45, 7) is 6.96. The van der Waals surface area contributed by atoms with Crippen molar-refractivity contribution in [1.29, 1.82) is 0 Å². The zero-order valence-electron chi connectivity index (χ0n) is 18.6. The Morgan fingerprint density at radius 3 is 2.39 bits per heavy atom. The number of hydrogen-bond donors (Lipinski definition) is 1. The first-order chi connectivity index (χ1) is 15.1. The lowest BCUT2D eigenvalue weighted by molar-refractivity contribution is 0.0565. The minimum atomic E-state index is -0.467. The van der Waals surface area contributed by atoms with Gasteiger partial charge in [0.05, 0.1) is 13.2 Å². The Bertz CT molecular complexity index is 1010. The quantitative estimate of drug-likeness (QED) is 0.489. The van der Waals surface area contributed by atoms with Gasteiger partial charge in [-0.15, -0.1) is 0 Å². The van der Waals surface area contributed by atoms with Gasteiger partial charge in [0, 0.05) is 5.41 Å². The highest BCUT2D eigenvalue weighted by atomic mass is 19.1. The van der Waals surface area contributed by atoms with E-state index in [-0.39, 0.29) is 5.41 Å². The molecule has 1 saturated heterocycles. The van der Waals surface area contributed by atoms with Crippen LogP contribution in [0, 0.1) is 13.8 Å². The largest absolute Gasteiger partial charge is 0.376 e. The maximum Gasteiger partial charge on any atom is 0.115 e. The van der Waals surface area contributed by atoms with Gasteiger partial charge >= 0.3 is 0 Å². The van der Waals surface area contributed by atoms with Crippen LogP contribution in [0.2, 0.25) is 0 Å². The highest BCUT2D eigenvalue weighted by molar-refractivity contribution is 5.69. The average molecular weight is 418 g/mol. The van der Waals surface area contributed by atoms with Gasteiger partial charge in [0.25, 0.3) is 0 Å². The third kappa shape index (κ3) is 4.89. The Morgan fingerprint density at radius 1 is 0.903 bits per heavy atom. The van der Waals surface area contributed by atoms with Crippen molar-refractivity contribution in [1.82, 2.24) is 5.32 Å². The Labute approximate surface area is 185 Å². The van der Waals surface area contributed by atoms with Crippen molar-refractivity contribution < 1.29 is 9.13 Å². The van der Waals surface area contributed by atoms with Crippen LogP contribution < -0.4 is 5.32 Å². The Morgan fingerprint density at radius 2 is 1.65 bits per heavy atom. The molecule has 0 unspecified atom stereocenters. The Hall–Kier alpha value is -2.49. The number of nitrogens with one attached hydrogen (secondary N) is 1. The monoisotopic (exact) mass is 417 g/mol. The van der Waals surface area contributed by atoms with Crippen molar-refractivity contribution in [2.75, 3.05) is 19.7 Å². The normalized spacial score (nSPS) is 15.7. The van der Waals surface area contributed by atoms with E-state index in [9.17, 15) is 4.39 Å². The van der Waals surface area contributed by atoms with Gasteiger partial charge in [0.1, 0.15) is 6.67 Å². The fraction of sp³-hybridized carbons (Fsp3) is 0.357. The first-order valence-electron chi connectivity index (χ1n) is 11.2. The molecule has 0 bridgehead atoms. The predicted octanol–water partition coefficient (Wildman–Crippen LogP) is 6.28. The van der Waals surface area contributed by atoms with Crippen molar-refractivity contribution in [3.63, 3.8) is 0 Å². The van der Waals surface area contributed by atoms with Gasteiger partial charge in [0.2, 0.25) is 0 Å². The topological polar surface area (TPSA) is 21.3 Å². The molecule has 0 spiro atoms. The molecule has 1 fully saturated rings. The molecule has 1 N–H and O–H groups in total. The minimum Gasteiger partial charge on any atom is -0.376 e. The molecule has 31 heavy (non-hydrogen) atoms. The van der Waals surface area contributed by atoms with Crippen molar-refractivity contribution in [3.05, 3.63) is 94.5 Å². The van der Waals surface area contributed by atoms with Gasteiger partial charge in [-0.1, -0.05) is 54.6 Å². The summed E-state index contributed by atoms with van der Waals surface area (Å²) in [6.07, 6.45) is 2.13. The number of alkyl halides is 1. The Kier molecular flexibility index (Phi) is 6.84. The zero-order valence-corrected chi connectivity index (χ0v) is 18.6.